The molecule has 2 rings (SSSR count). The van der Waals surface area contributed by atoms with Crippen molar-refractivity contribution in [3.05, 3.63) is 88.0 Å². The van der Waals surface area contributed by atoms with Gasteiger partial charge in [0.2, 0.25) is 5.24 Å². The summed E-state index contributed by atoms with van der Waals surface area (Å²) in [6, 6.07) is 16.1. The van der Waals surface area contributed by atoms with Gasteiger partial charge in [-0.3, -0.25) is 14.9 Å². The number of rotatable bonds is 5. The Morgan fingerprint density at radius 2 is 1.57 bits per heavy atom. The van der Waals surface area contributed by atoms with Crippen LogP contribution in [0.2, 0.25) is 0 Å². The quantitative estimate of drug-likeness (QED) is 0.365. The second kappa shape index (κ2) is 6.81. The van der Waals surface area contributed by atoms with Gasteiger partial charge in [-0.05, 0) is 17.2 Å². The largest absolute Gasteiger partial charge is 0.276 e. The van der Waals surface area contributed by atoms with Gasteiger partial charge in [0.25, 0.3) is 6.04 Å². The van der Waals surface area contributed by atoms with Crippen LogP contribution >= 0.6 is 11.6 Å². The molecule has 5 heteroatoms. The number of nitro groups is 1. The van der Waals surface area contributed by atoms with Gasteiger partial charge < -0.3 is 0 Å². The number of halogens is 1. The lowest BCUT2D eigenvalue weighted by Crippen LogP contribution is -2.13. The molecule has 0 amide bonds. The lowest BCUT2D eigenvalue weighted by Gasteiger charge is -2.14. The first kappa shape index (κ1) is 14.9. The number of benzene rings is 2. The normalized spacial score (nSPS) is 12.7. The van der Waals surface area contributed by atoms with Crippen molar-refractivity contribution in [2.75, 3.05) is 0 Å². The Bertz CT molecular complexity index is 668. The summed E-state index contributed by atoms with van der Waals surface area (Å²) in [4.78, 5) is 22.3. The summed E-state index contributed by atoms with van der Waals surface area (Å²) in [7, 11) is 0. The number of carbonyl (C=O) groups excluding carboxylic acids is 1. The van der Waals surface area contributed by atoms with Crippen molar-refractivity contribution < 1.29 is 9.72 Å². The maximum atomic E-state index is 11.5. The number of carbonyl (C=O) groups is 1. The number of hydrogen-bond acceptors (Lipinski definition) is 3. The van der Waals surface area contributed by atoms with Crippen LogP contribution in [0.25, 0.3) is 5.57 Å². The number of hydrogen-bond donors (Lipinski definition) is 0. The molecule has 0 saturated heterocycles. The topological polar surface area (TPSA) is 60.2 Å². The summed E-state index contributed by atoms with van der Waals surface area (Å²) < 4.78 is 0. The summed E-state index contributed by atoms with van der Waals surface area (Å²) >= 11 is 5.42. The molecule has 0 aliphatic rings. The van der Waals surface area contributed by atoms with E-state index >= 15 is 0 Å². The first-order valence-electron chi connectivity index (χ1n) is 6.24. The second-order valence-electron chi connectivity index (χ2n) is 4.37. The molecule has 0 spiro atoms. The van der Waals surface area contributed by atoms with Crippen LogP contribution in [0, 0.1) is 10.1 Å². The van der Waals surface area contributed by atoms with Crippen molar-refractivity contribution in [3.8, 4) is 0 Å². The molecule has 0 N–H and O–H groups in total. The molecule has 0 heterocycles. The Morgan fingerprint density at radius 3 is 2.05 bits per heavy atom. The fourth-order valence-corrected chi connectivity index (χ4v) is 2.24. The highest BCUT2D eigenvalue weighted by molar-refractivity contribution is 6.67. The zero-order valence-electron chi connectivity index (χ0n) is 11.0. The molecule has 1 atom stereocenters. The fraction of sp³-hybridized carbons (Fsp3) is 0.0625. The molecule has 0 aliphatic carbocycles. The van der Waals surface area contributed by atoms with Crippen LogP contribution < -0.4 is 0 Å². The summed E-state index contributed by atoms with van der Waals surface area (Å²) in [6.45, 7) is 0. The first-order valence-corrected chi connectivity index (χ1v) is 6.62. The Labute approximate surface area is 126 Å². The molecule has 0 saturated carbocycles. The number of nitrogens with zero attached hydrogens (tertiary/aromatic N) is 1. The van der Waals surface area contributed by atoms with Crippen LogP contribution in [0.5, 0.6) is 0 Å². The molecule has 2 aromatic carbocycles. The van der Waals surface area contributed by atoms with Crippen LogP contribution in [0.1, 0.15) is 17.2 Å². The average molecular weight is 302 g/mol. The highest BCUT2D eigenvalue weighted by Gasteiger charge is 2.29. The SMILES string of the molecule is O=C(Cl)/C=C(\c1ccccc1)[C@H](c1ccccc1)[N+](=O)[O-]. The van der Waals surface area contributed by atoms with Crippen LogP contribution in [0.4, 0.5) is 0 Å². The molecular weight excluding hydrogens is 290 g/mol. The van der Waals surface area contributed by atoms with Gasteiger partial charge in [-0.1, -0.05) is 60.7 Å². The maximum Gasteiger partial charge on any atom is 0.263 e. The van der Waals surface area contributed by atoms with Crippen LogP contribution in [0.3, 0.4) is 0 Å². The van der Waals surface area contributed by atoms with E-state index in [-0.39, 0.29) is 5.57 Å². The van der Waals surface area contributed by atoms with Gasteiger partial charge in [-0.15, -0.1) is 0 Å². The van der Waals surface area contributed by atoms with Gasteiger partial charge in [0, 0.05) is 22.1 Å². The maximum absolute atomic E-state index is 11.5. The summed E-state index contributed by atoms with van der Waals surface area (Å²) in [6.07, 6.45) is 1.11. The van der Waals surface area contributed by atoms with E-state index in [9.17, 15) is 14.9 Å². The van der Waals surface area contributed by atoms with Gasteiger partial charge in [0.1, 0.15) is 0 Å². The molecule has 0 aromatic heterocycles. The van der Waals surface area contributed by atoms with E-state index in [1.165, 1.54) is 0 Å². The standard InChI is InChI=1S/C16H12ClNO3/c17-15(19)11-14(12-7-3-1-4-8-12)16(18(20)21)13-9-5-2-6-10-13/h1-11,16H/b14-11+/t16-/m0/s1. The van der Waals surface area contributed by atoms with E-state index in [2.05, 4.69) is 0 Å². The smallest absolute Gasteiger partial charge is 0.263 e. The van der Waals surface area contributed by atoms with E-state index in [1.54, 1.807) is 60.7 Å². The van der Waals surface area contributed by atoms with E-state index in [4.69, 9.17) is 11.6 Å². The predicted octanol–water partition coefficient (Wildman–Crippen LogP) is 3.85. The van der Waals surface area contributed by atoms with Crippen molar-refractivity contribution in [1.29, 1.82) is 0 Å². The van der Waals surface area contributed by atoms with Crippen molar-refractivity contribution in [2.24, 2.45) is 0 Å². The zero-order valence-corrected chi connectivity index (χ0v) is 11.7. The van der Waals surface area contributed by atoms with Crippen molar-refractivity contribution in [3.63, 3.8) is 0 Å². The van der Waals surface area contributed by atoms with Crippen LogP contribution in [0.15, 0.2) is 66.7 Å². The van der Waals surface area contributed by atoms with E-state index in [0.717, 1.165) is 6.08 Å². The third-order valence-electron chi connectivity index (χ3n) is 3.00. The molecule has 0 radical (unpaired) electrons. The van der Waals surface area contributed by atoms with Crippen molar-refractivity contribution >= 4 is 22.4 Å². The van der Waals surface area contributed by atoms with Gasteiger partial charge in [-0.25, -0.2) is 0 Å². The molecule has 0 bridgehead atoms. The lowest BCUT2D eigenvalue weighted by atomic mass is 9.93. The van der Waals surface area contributed by atoms with Gasteiger partial charge in [-0.2, -0.15) is 0 Å². The monoisotopic (exact) mass is 301 g/mol. The first-order chi connectivity index (χ1) is 10.1. The Balaban J connectivity index is 2.58. The van der Waals surface area contributed by atoms with Crippen LogP contribution in [-0.4, -0.2) is 10.2 Å². The number of allylic oxidation sites excluding steroid dienone is 1. The third-order valence-corrected chi connectivity index (χ3v) is 3.11. The van der Waals surface area contributed by atoms with Gasteiger partial charge in [0.05, 0.1) is 0 Å². The average Bonchev–Trinajstić information content (AvgIpc) is 2.48. The third kappa shape index (κ3) is 3.77. The summed E-state index contributed by atoms with van der Waals surface area (Å²) in [5.74, 6) is 0. The minimum Gasteiger partial charge on any atom is -0.276 e. The van der Waals surface area contributed by atoms with Crippen LogP contribution in [-0.2, 0) is 4.79 Å². The molecule has 0 aliphatic heterocycles. The lowest BCUT2D eigenvalue weighted by molar-refractivity contribution is -0.511. The Morgan fingerprint density at radius 1 is 1.05 bits per heavy atom. The minimum absolute atomic E-state index is 0.270. The molecule has 2 aromatic rings. The van der Waals surface area contributed by atoms with E-state index in [1.807, 2.05) is 0 Å². The highest BCUT2D eigenvalue weighted by Crippen LogP contribution is 2.32. The molecule has 4 nitrogen and oxygen atoms in total. The van der Waals surface area contributed by atoms with Gasteiger partial charge in [0.15, 0.2) is 0 Å². The summed E-state index contributed by atoms with van der Waals surface area (Å²) in [5, 5.41) is 10.8. The fourth-order valence-electron chi connectivity index (χ4n) is 2.12. The van der Waals surface area contributed by atoms with Crippen molar-refractivity contribution in [1.82, 2.24) is 0 Å². The molecule has 106 valence electrons. The molecule has 0 unspecified atom stereocenters. The van der Waals surface area contributed by atoms with E-state index in [0.29, 0.717) is 11.1 Å². The Kier molecular flexibility index (Phi) is 4.85. The molecule has 0 fully saturated rings. The van der Waals surface area contributed by atoms with Crippen molar-refractivity contribution in [2.45, 2.75) is 6.04 Å². The van der Waals surface area contributed by atoms with E-state index < -0.39 is 16.2 Å². The Hall–Kier alpha value is -2.46. The second-order valence-corrected chi connectivity index (χ2v) is 4.74. The molecule has 21 heavy (non-hydrogen) atoms. The predicted molar refractivity (Wildman–Crippen MR) is 81.5 cm³/mol. The molecular formula is C16H12ClNO3. The summed E-state index contributed by atoms with van der Waals surface area (Å²) in [5.41, 5.74) is 1.36. The minimum atomic E-state index is -1.14. The zero-order chi connectivity index (χ0) is 15.2. The highest BCUT2D eigenvalue weighted by atomic mass is 35.5. The van der Waals surface area contributed by atoms with Gasteiger partial charge >= 0.3 is 0 Å².